The maximum Gasteiger partial charge on any atom is 0.0543 e. The molecule has 0 aromatic heterocycles. The lowest BCUT2D eigenvalue weighted by atomic mass is 9.79. The molecule has 260 valence electrons. The molecule has 0 saturated heterocycles. The Labute approximate surface area is 318 Å². The summed E-state index contributed by atoms with van der Waals surface area (Å²) in [5.74, 6) is 0. The van der Waals surface area contributed by atoms with Gasteiger partial charge in [0, 0.05) is 33.0 Å². The van der Waals surface area contributed by atoms with Gasteiger partial charge in [-0.05, 0) is 125 Å². The van der Waals surface area contributed by atoms with E-state index in [4.69, 9.17) is 0 Å². The molecular weight excluding hydrogens is 651 g/mol. The van der Waals surface area contributed by atoms with E-state index in [-0.39, 0.29) is 16.2 Å². The number of hydrogen-bond donors (Lipinski definition) is 0. The van der Waals surface area contributed by atoms with Crippen LogP contribution >= 0.6 is 0 Å². The van der Waals surface area contributed by atoms with Gasteiger partial charge in [-0.3, -0.25) is 0 Å². The second-order valence-electron chi connectivity index (χ2n) is 17.3. The van der Waals surface area contributed by atoms with Crippen molar-refractivity contribution < 1.29 is 0 Å². The van der Waals surface area contributed by atoms with Crippen LogP contribution in [-0.4, -0.2) is 0 Å². The van der Waals surface area contributed by atoms with Gasteiger partial charge in [0.1, 0.15) is 0 Å². The largest absolute Gasteiger partial charge is 0.310 e. The van der Waals surface area contributed by atoms with Crippen LogP contribution in [0.15, 0.2) is 152 Å². The summed E-state index contributed by atoms with van der Waals surface area (Å²) in [5, 5.41) is 5.19. The third-order valence-corrected chi connectivity index (χ3v) is 13.4. The average molecular weight is 694 g/mol. The summed E-state index contributed by atoms with van der Waals surface area (Å²) < 4.78 is 0. The highest BCUT2D eigenvalue weighted by atomic mass is 15.1. The molecule has 0 bridgehead atoms. The van der Waals surface area contributed by atoms with Crippen molar-refractivity contribution in [3.05, 3.63) is 185 Å². The van der Waals surface area contributed by atoms with E-state index in [2.05, 4.69) is 198 Å². The van der Waals surface area contributed by atoms with Crippen LogP contribution in [-0.2, 0) is 16.2 Å². The van der Waals surface area contributed by atoms with Crippen molar-refractivity contribution in [2.75, 3.05) is 4.90 Å². The molecule has 0 radical (unpaired) electrons. The number of nitrogens with zero attached hydrogens (tertiary/aromatic N) is 1. The van der Waals surface area contributed by atoms with Gasteiger partial charge in [-0.15, -0.1) is 0 Å². The molecule has 8 aromatic rings. The molecule has 0 fully saturated rings. The van der Waals surface area contributed by atoms with Gasteiger partial charge in [0.2, 0.25) is 0 Å². The predicted octanol–water partition coefficient (Wildman–Crippen LogP) is 14.4. The summed E-state index contributed by atoms with van der Waals surface area (Å²) in [6.07, 6.45) is 0. The average Bonchev–Trinajstić information content (AvgIpc) is 3.67. The molecule has 0 amide bonds. The minimum absolute atomic E-state index is 0.0355. The van der Waals surface area contributed by atoms with Crippen LogP contribution in [0.5, 0.6) is 0 Å². The molecule has 0 saturated carbocycles. The molecule has 1 nitrogen and oxygen atoms in total. The Morgan fingerprint density at radius 2 is 0.889 bits per heavy atom. The van der Waals surface area contributed by atoms with Gasteiger partial charge < -0.3 is 4.90 Å². The Balaban J connectivity index is 1.14. The second kappa shape index (κ2) is 10.6. The van der Waals surface area contributed by atoms with Gasteiger partial charge in [-0.2, -0.15) is 0 Å². The molecule has 0 unspecified atom stereocenters. The molecule has 11 rings (SSSR count). The number of rotatable bonds is 3. The summed E-state index contributed by atoms with van der Waals surface area (Å²) in [4.78, 5) is 2.51. The SMILES string of the molecule is CC1(C)c2ccccc2-c2cc3c(cc21)-c1ccc(N(c2ccccc2)c2cc4c(c5ccccc25)-c2c(ccc5ccccc25)C4(C)C)cc1C3(C)C. The molecule has 0 atom stereocenters. The fourth-order valence-electron chi connectivity index (χ4n) is 10.6. The first-order valence-corrected chi connectivity index (χ1v) is 19.4. The van der Waals surface area contributed by atoms with Crippen LogP contribution in [0.2, 0.25) is 0 Å². The molecule has 0 spiro atoms. The minimum atomic E-state index is -0.162. The summed E-state index contributed by atoms with van der Waals surface area (Å²) in [6.45, 7) is 14.4. The molecule has 3 aliphatic carbocycles. The lowest BCUT2D eigenvalue weighted by molar-refractivity contribution is 0.652. The standard InChI is InChI=1S/C53H43N/c1-51(2)42-23-15-14-20-36(42)40-29-46-41(30-45(40)51)37-26-25-34(28-44(37)53(46,5)6)54(33-17-8-7-9-18-33)48-31-47-50(39-22-13-12-21-38(39)48)49-35-19-11-10-16-32(35)24-27-43(49)52(47,3)4/h7-31H,1-6H3. The monoisotopic (exact) mass is 693 g/mol. The van der Waals surface area contributed by atoms with E-state index < -0.39 is 0 Å². The summed E-state index contributed by atoms with van der Waals surface area (Å²) in [5.41, 5.74) is 19.9. The lowest BCUT2D eigenvalue weighted by Crippen LogP contribution is -2.18. The Hall–Kier alpha value is -5.92. The maximum atomic E-state index is 2.52. The van der Waals surface area contributed by atoms with Gasteiger partial charge >= 0.3 is 0 Å². The minimum Gasteiger partial charge on any atom is -0.310 e. The van der Waals surface area contributed by atoms with Crippen LogP contribution in [0.25, 0.3) is 54.9 Å². The fourth-order valence-corrected chi connectivity index (χ4v) is 10.6. The van der Waals surface area contributed by atoms with Crippen molar-refractivity contribution in [3.8, 4) is 33.4 Å². The smallest absolute Gasteiger partial charge is 0.0543 e. The zero-order valence-corrected chi connectivity index (χ0v) is 31.9. The molecule has 1 heteroatoms. The molecule has 3 aliphatic rings. The number of fused-ring (bicyclic) bond motifs is 13. The van der Waals surface area contributed by atoms with Crippen molar-refractivity contribution in [1.82, 2.24) is 0 Å². The van der Waals surface area contributed by atoms with E-state index in [9.17, 15) is 0 Å². The molecular formula is C53H43N. The Bertz CT molecular complexity index is 2900. The lowest BCUT2D eigenvalue weighted by Gasteiger charge is -2.31. The molecule has 0 heterocycles. The van der Waals surface area contributed by atoms with Crippen molar-refractivity contribution in [2.45, 2.75) is 57.8 Å². The van der Waals surface area contributed by atoms with E-state index in [0.717, 1.165) is 5.69 Å². The van der Waals surface area contributed by atoms with Crippen molar-refractivity contribution in [1.29, 1.82) is 0 Å². The van der Waals surface area contributed by atoms with Crippen molar-refractivity contribution in [2.24, 2.45) is 0 Å². The quantitative estimate of drug-likeness (QED) is 0.178. The summed E-state index contributed by atoms with van der Waals surface area (Å²) in [6, 6.07) is 57.4. The van der Waals surface area contributed by atoms with Crippen molar-refractivity contribution in [3.63, 3.8) is 0 Å². The second-order valence-corrected chi connectivity index (χ2v) is 17.3. The first kappa shape index (κ1) is 31.6. The molecule has 8 aromatic carbocycles. The predicted molar refractivity (Wildman–Crippen MR) is 229 cm³/mol. The molecule has 0 N–H and O–H groups in total. The van der Waals surface area contributed by atoms with Gasteiger partial charge in [-0.1, -0.05) is 151 Å². The highest BCUT2D eigenvalue weighted by molar-refractivity contribution is 6.15. The van der Waals surface area contributed by atoms with Crippen LogP contribution in [0, 0.1) is 0 Å². The van der Waals surface area contributed by atoms with Gasteiger partial charge in [0.25, 0.3) is 0 Å². The first-order chi connectivity index (χ1) is 26.1. The summed E-state index contributed by atoms with van der Waals surface area (Å²) >= 11 is 0. The number of hydrogen-bond acceptors (Lipinski definition) is 1. The third-order valence-electron chi connectivity index (χ3n) is 13.4. The number of para-hydroxylation sites is 1. The van der Waals surface area contributed by atoms with Gasteiger partial charge in [-0.25, -0.2) is 0 Å². The van der Waals surface area contributed by atoms with Gasteiger partial charge in [0.05, 0.1) is 5.69 Å². The molecule has 54 heavy (non-hydrogen) atoms. The van der Waals surface area contributed by atoms with E-state index >= 15 is 0 Å². The highest BCUT2D eigenvalue weighted by Gasteiger charge is 2.43. The Morgan fingerprint density at radius 3 is 1.65 bits per heavy atom. The zero-order chi connectivity index (χ0) is 36.7. The van der Waals surface area contributed by atoms with E-state index in [0.29, 0.717) is 0 Å². The van der Waals surface area contributed by atoms with Crippen LogP contribution in [0.1, 0.15) is 74.9 Å². The summed E-state index contributed by atoms with van der Waals surface area (Å²) in [7, 11) is 0. The number of benzene rings is 8. The van der Waals surface area contributed by atoms with Crippen LogP contribution in [0.3, 0.4) is 0 Å². The van der Waals surface area contributed by atoms with Gasteiger partial charge in [0.15, 0.2) is 0 Å². The van der Waals surface area contributed by atoms with Crippen LogP contribution in [0.4, 0.5) is 17.1 Å². The Kier molecular flexibility index (Phi) is 6.21. The van der Waals surface area contributed by atoms with E-state index in [1.807, 2.05) is 0 Å². The Morgan fingerprint density at radius 1 is 0.333 bits per heavy atom. The first-order valence-electron chi connectivity index (χ1n) is 19.4. The normalized spacial score (nSPS) is 16.0. The topological polar surface area (TPSA) is 3.24 Å². The van der Waals surface area contributed by atoms with Crippen molar-refractivity contribution >= 4 is 38.6 Å². The van der Waals surface area contributed by atoms with Crippen LogP contribution < -0.4 is 4.90 Å². The van der Waals surface area contributed by atoms with E-state index in [1.54, 1.807) is 0 Å². The van der Waals surface area contributed by atoms with E-state index in [1.165, 1.54) is 99.7 Å². The maximum absolute atomic E-state index is 2.52. The third kappa shape index (κ3) is 4.00. The highest BCUT2D eigenvalue weighted by Crippen LogP contribution is 2.59. The molecule has 0 aliphatic heterocycles. The zero-order valence-electron chi connectivity index (χ0n) is 31.9. The number of anilines is 3. The fraction of sp³-hybridized carbons (Fsp3) is 0.170.